The Morgan fingerprint density at radius 2 is 1.96 bits per heavy atom. The molecule has 0 aromatic heterocycles. The number of halogens is 2. The van der Waals surface area contributed by atoms with Crippen LogP contribution >= 0.6 is 15.9 Å². The molecule has 0 heterocycles. The summed E-state index contributed by atoms with van der Waals surface area (Å²) in [6.45, 7) is 2.38. The van der Waals surface area contributed by atoms with Crippen molar-refractivity contribution in [1.29, 1.82) is 0 Å². The predicted molar refractivity (Wildman–Crippen MR) is 96.7 cm³/mol. The van der Waals surface area contributed by atoms with Crippen LogP contribution in [-0.4, -0.2) is 31.0 Å². The zero-order chi connectivity index (χ0) is 17.7. The molecule has 1 atom stereocenters. The van der Waals surface area contributed by atoms with E-state index in [9.17, 15) is 9.18 Å². The summed E-state index contributed by atoms with van der Waals surface area (Å²) in [6, 6.07) is 11.1. The zero-order valence-corrected chi connectivity index (χ0v) is 15.4. The van der Waals surface area contributed by atoms with Crippen LogP contribution in [0.3, 0.4) is 0 Å². The number of anilines is 1. The lowest BCUT2D eigenvalue weighted by molar-refractivity contribution is -0.120. The van der Waals surface area contributed by atoms with Gasteiger partial charge in [-0.05, 0) is 56.4 Å². The van der Waals surface area contributed by atoms with Gasteiger partial charge in [-0.25, -0.2) is 4.39 Å². The van der Waals surface area contributed by atoms with Crippen molar-refractivity contribution in [2.24, 2.45) is 0 Å². The van der Waals surface area contributed by atoms with Crippen molar-refractivity contribution in [2.75, 3.05) is 19.5 Å². The van der Waals surface area contributed by atoms with Gasteiger partial charge < -0.3 is 10.1 Å². The van der Waals surface area contributed by atoms with Gasteiger partial charge in [0.15, 0.2) is 0 Å². The summed E-state index contributed by atoms with van der Waals surface area (Å²) in [4.78, 5) is 14.3. The Morgan fingerprint density at radius 3 is 2.58 bits per heavy atom. The maximum Gasteiger partial charge on any atom is 0.241 e. The SMILES string of the molecule is COc1ccc(Br)cc1CN(C)[C@H](C)C(=O)Nc1ccc(F)cc1. The predicted octanol–water partition coefficient (Wildman–Crippen LogP) is 4.06. The Bertz CT molecular complexity index is 707. The highest BCUT2D eigenvalue weighted by Crippen LogP contribution is 2.24. The molecule has 0 aliphatic rings. The number of nitrogens with zero attached hydrogens (tertiary/aromatic N) is 1. The third-order valence-electron chi connectivity index (χ3n) is 3.81. The molecule has 1 N–H and O–H groups in total. The largest absolute Gasteiger partial charge is 0.496 e. The number of hydrogen-bond acceptors (Lipinski definition) is 3. The van der Waals surface area contributed by atoms with Crippen LogP contribution in [-0.2, 0) is 11.3 Å². The fourth-order valence-electron chi connectivity index (χ4n) is 2.26. The van der Waals surface area contributed by atoms with E-state index in [1.54, 1.807) is 7.11 Å². The van der Waals surface area contributed by atoms with Gasteiger partial charge in [0, 0.05) is 22.3 Å². The molecule has 0 aliphatic carbocycles. The van der Waals surface area contributed by atoms with E-state index in [2.05, 4.69) is 21.2 Å². The number of amides is 1. The maximum atomic E-state index is 12.9. The molecular weight excluding hydrogens is 375 g/mol. The monoisotopic (exact) mass is 394 g/mol. The summed E-state index contributed by atoms with van der Waals surface area (Å²) < 4.78 is 19.2. The second-order valence-corrected chi connectivity index (χ2v) is 6.46. The van der Waals surface area contributed by atoms with Crippen LogP contribution in [0.4, 0.5) is 10.1 Å². The van der Waals surface area contributed by atoms with E-state index >= 15 is 0 Å². The van der Waals surface area contributed by atoms with E-state index in [0.717, 1.165) is 15.8 Å². The van der Waals surface area contributed by atoms with E-state index in [1.807, 2.05) is 37.1 Å². The van der Waals surface area contributed by atoms with Crippen molar-refractivity contribution >= 4 is 27.5 Å². The van der Waals surface area contributed by atoms with E-state index in [-0.39, 0.29) is 17.8 Å². The number of methoxy groups -OCH3 is 1. The topological polar surface area (TPSA) is 41.6 Å². The number of rotatable bonds is 6. The number of ether oxygens (including phenoxy) is 1. The first-order chi connectivity index (χ1) is 11.4. The van der Waals surface area contributed by atoms with Gasteiger partial charge in [0.1, 0.15) is 11.6 Å². The highest BCUT2D eigenvalue weighted by molar-refractivity contribution is 9.10. The molecule has 24 heavy (non-hydrogen) atoms. The molecule has 0 spiro atoms. The normalized spacial score (nSPS) is 12.1. The molecule has 1 amide bonds. The molecule has 0 saturated heterocycles. The minimum Gasteiger partial charge on any atom is -0.496 e. The highest BCUT2D eigenvalue weighted by atomic mass is 79.9. The smallest absolute Gasteiger partial charge is 0.241 e. The lowest BCUT2D eigenvalue weighted by Crippen LogP contribution is -2.39. The molecule has 2 aromatic rings. The van der Waals surface area contributed by atoms with E-state index in [4.69, 9.17) is 4.74 Å². The van der Waals surface area contributed by atoms with Crippen LogP contribution in [0.2, 0.25) is 0 Å². The van der Waals surface area contributed by atoms with Crippen molar-refractivity contribution in [2.45, 2.75) is 19.5 Å². The van der Waals surface area contributed by atoms with Gasteiger partial charge >= 0.3 is 0 Å². The Morgan fingerprint density at radius 1 is 1.29 bits per heavy atom. The summed E-state index contributed by atoms with van der Waals surface area (Å²) in [6.07, 6.45) is 0. The Labute approximate surface area is 149 Å². The van der Waals surface area contributed by atoms with Crippen LogP contribution in [0.5, 0.6) is 5.75 Å². The quantitative estimate of drug-likeness (QED) is 0.802. The molecule has 128 valence electrons. The summed E-state index contributed by atoms with van der Waals surface area (Å²) in [5, 5.41) is 2.79. The number of carbonyl (C=O) groups excluding carboxylic acids is 1. The van der Waals surface area contributed by atoms with Crippen LogP contribution in [0.15, 0.2) is 46.9 Å². The molecule has 2 rings (SSSR count). The second kappa shape index (κ2) is 8.26. The molecule has 6 heteroatoms. The van der Waals surface area contributed by atoms with Crippen molar-refractivity contribution in [3.05, 3.63) is 58.3 Å². The summed E-state index contributed by atoms with van der Waals surface area (Å²) >= 11 is 3.45. The van der Waals surface area contributed by atoms with E-state index in [1.165, 1.54) is 24.3 Å². The van der Waals surface area contributed by atoms with E-state index < -0.39 is 0 Å². The van der Waals surface area contributed by atoms with Gasteiger partial charge in [0.2, 0.25) is 5.91 Å². The molecule has 0 saturated carbocycles. The Balaban J connectivity index is 2.03. The van der Waals surface area contributed by atoms with Gasteiger partial charge in [-0.1, -0.05) is 15.9 Å². The van der Waals surface area contributed by atoms with Crippen LogP contribution in [0, 0.1) is 5.82 Å². The summed E-state index contributed by atoms with van der Waals surface area (Å²) in [5.41, 5.74) is 1.55. The highest BCUT2D eigenvalue weighted by Gasteiger charge is 2.19. The molecule has 0 unspecified atom stereocenters. The molecule has 4 nitrogen and oxygen atoms in total. The molecular formula is C18H20BrFN2O2. The van der Waals surface area contributed by atoms with Gasteiger partial charge in [-0.2, -0.15) is 0 Å². The fraction of sp³-hybridized carbons (Fsp3) is 0.278. The van der Waals surface area contributed by atoms with Crippen LogP contribution in [0.25, 0.3) is 0 Å². The molecule has 0 radical (unpaired) electrons. The van der Waals surface area contributed by atoms with Gasteiger partial charge in [-0.3, -0.25) is 9.69 Å². The van der Waals surface area contributed by atoms with Crippen LogP contribution < -0.4 is 10.1 Å². The standard InChI is InChI=1S/C18H20BrFN2O2/c1-12(18(23)21-16-7-5-15(20)6-8-16)22(2)11-13-10-14(19)4-9-17(13)24-3/h4-10,12H,11H2,1-3H3,(H,21,23)/t12-/m1/s1. The Hall–Kier alpha value is -1.92. The maximum absolute atomic E-state index is 12.9. The average molecular weight is 395 g/mol. The van der Waals surface area contributed by atoms with Crippen molar-refractivity contribution in [3.8, 4) is 5.75 Å². The van der Waals surface area contributed by atoms with Crippen LogP contribution in [0.1, 0.15) is 12.5 Å². The zero-order valence-electron chi connectivity index (χ0n) is 13.8. The fourth-order valence-corrected chi connectivity index (χ4v) is 2.66. The third-order valence-corrected chi connectivity index (χ3v) is 4.31. The molecule has 0 aliphatic heterocycles. The van der Waals surface area contributed by atoms with Gasteiger partial charge in [-0.15, -0.1) is 0 Å². The first-order valence-electron chi connectivity index (χ1n) is 7.50. The third kappa shape index (κ3) is 4.79. The van der Waals surface area contributed by atoms with Crippen molar-refractivity contribution in [3.63, 3.8) is 0 Å². The van der Waals surface area contributed by atoms with Gasteiger partial charge in [0.05, 0.1) is 13.2 Å². The first kappa shape index (κ1) is 18.4. The van der Waals surface area contributed by atoms with Crippen molar-refractivity contribution < 1.29 is 13.9 Å². The number of benzene rings is 2. The van der Waals surface area contributed by atoms with E-state index in [0.29, 0.717) is 12.2 Å². The van der Waals surface area contributed by atoms with Crippen molar-refractivity contribution in [1.82, 2.24) is 4.90 Å². The molecule has 0 fully saturated rings. The minimum atomic E-state index is -0.362. The lowest BCUT2D eigenvalue weighted by atomic mass is 10.1. The second-order valence-electron chi connectivity index (χ2n) is 5.54. The Kier molecular flexibility index (Phi) is 6.34. The number of nitrogens with one attached hydrogen (secondary N) is 1. The number of hydrogen-bond donors (Lipinski definition) is 1. The van der Waals surface area contributed by atoms with Gasteiger partial charge in [0.25, 0.3) is 0 Å². The lowest BCUT2D eigenvalue weighted by Gasteiger charge is -2.24. The minimum absolute atomic E-state index is 0.155. The first-order valence-corrected chi connectivity index (χ1v) is 8.29. The average Bonchev–Trinajstić information content (AvgIpc) is 2.56. The molecule has 0 bridgehead atoms. The number of likely N-dealkylation sites (N-methyl/N-ethyl adjacent to an activating group) is 1. The molecule has 2 aromatic carbocycles. The summed E-state index contributed by atoms with van der Waals surface area (Å²) in [5.74, 6) is 0.286. The summed E-state index contributed by atoms with van der Waals surface area (Å²) in [7, 11) is 3.49. The number of carbonyl (C=O) groups is 1.